The summed E-state index contributed by atoms with van der Waals surface area (Å²) in [6.07, 6.45) is 0. The lowest BCUT2D eigenvalue weighted by atomic mass is 10.1. The number of hydrogen-bond donors (Lipinski definition) is 8. The second-order valence-electron chi connectivity index (χ2n) is 8.55. The predicted octanol–water partition coefficient (Wildman–Crippen LogP) is -0.327. The zero-order valence-electron chi connectivity index (χ0n) is 23.0. The van der Waals surface area contributed by atoms with Crippen molar-refractivity contribution >= 4 is 52.5 Å². The Hall–Kier alpha value is -4.48. The number of sulfonamides is 3. The molecule has 45 heavy (non-hydrogen) atoms. The minimum Gasteiger partial charge on any atom is -0.507 e. The van der Waals surface area contributed by atoms with Gasteiger partial charge in [0.1, 0.15) is 40.2 Å². The second-order valence-corrected chi connectivity index (χ2v) is 13.4. The standard InChI is InChI=1S/C8H10N2O4S.C8H8N2O3S.C8H9NO4S.H3NO/c9-15(13,14)5-7(10-12)6-3-1-2-4-8(6)11;9-14(11,12)5-7-6-3-1-2-4-8(6)13-10-7;9-14(12,13)5-8(11)6-3-1-2-4-7(6)10;1-2/h1-4,11-12H,5H2,(H2,9,13,14);1-4H,5H2,(H2,9,11,12);1-4,10H,5H2,(H2,9,12,13);2H,1H2/b10-7+;;;. The number of para-hydroxylation sites is 3. The third-order valence-corrected chi connectivity index (χ3v) is 7.02. The first-order valence-corrected chi connectivity index (χ1v) is 17.0. The number of ketones is 1. The van der Waals surface area contributed by atoms with E-state index in [4.69, 9.17) is 30.4 Å². The molecule has 21 heteroatoms. The highest BCUT2D eigenvalue weighted by Gasteiger charge is 2.17. The van der Waals surface area contributed by atoms with E-state index in [-0.39, 0.29) is 34.1 Å². The van der Waals surface area contributed by atoms with Crippen LogP contribution < -0.4 is 21.3 Å². The number of hydrogen-bond acceptors (Lipinski definition) is 15. The Morgan fingerprint density at radius 3 is 1.64 bits per heavy atom. The molecule has 0 spiro atoms. The third-order valence-electron chi connectivity index (χ3n) is 5.00. The van der Waals surface area contributed by atoms with Gasteiger partial charge in [0.2, 0.25) is 30.1 Å². The van der Waals surface area contributed by atoms with E-state index in [0.29, 0.717) is 16.7 Å². The van der Waals surface area contributed by atoms with Gasteiger partial charge in [-0.25, -0.2) is 46.6 Å². The molecule has 0 saturated carbocycles. The SMILES string of the molecule is NO.NS(=O)(=O)C/C(=N\O)c1ccccc1O.NS(=O)(=O)CC(=O)c1ccccc1O.NS(=O)(=O)Cc1noc2ccccc12. The number of fused-ring (bicyclic) bond motifs is 1. The van der Waals surface area contributed by atoms with E-state index in [1.165, 1.54) is 36.4 Å². The average Bonchev–Trinajstić information content (AvgIpc) is 3.34. The van der Waals surface area contributed by atoms with E-state index in [2.05, 4.69) is 16.2 Å². The monoisotopic (exact) mass is 690 g/mol. The minimum atomic E-state index is -3.85. The van der Waals surface area contributed by atoms with Gasteiger partial charge in [0, 0.05) is 10.9 Å². The largest absolute Gasteiger partial charge is 0.507 e. The number of nitrogens with zero attached hydrogens (tertiary/aromatic N) is 2. The number of carbonyl (C=O) groups is 1. The van der Waals surface area contributed by atoms with E-state index >= 15 is 0 Å². The molecule has 0 radical (unpaired) electrons. The van der Waals surface area contributed by atoms with E-state index in [1.807, 2.05) is 0 Å². The van der Waals surface area contributed by atoms with Gasteiger partial charge in [-0.15, -0.1) is 0 Å². The Morgan fingerprint density at radius 1 is 0.711 bits per heavy atom. The summed E-state index contributed by atoms with van der Waals surface area (Å²) in [4.78, 5) is 11.3. The smallest absolute Gasteiger partial charge is 0.216 e. The molecule has 0 aliphatic heterocycles. The van der Waals surface area contributed by atoms with Crippen molar-refractivity contribution in [1.29, 1.82) is 0 Å². The van der Waals surface area contributed by atoms with Crippen molar-refractivity contribution in [3.05, 3.63) is 89.6 Å². The molecule has 0 aliphatic carbocycles. The number of aromatic nitrogens is 1. The van der Waals surface area contributed by atoms with Gasteiger partial charge in [-0.2, -0.15) is 0 Å². The molecule has 0 saturated heterocycles. The lowest BCUT2D eigenvalue weighted by Gasteiger charge is -2.04. The van der Waals surface area contributed by atoms with Gasteiger partial charge in [-0.3, -0.25) is 4.79 Å². The van der Waals surface area contributed by atoms with Crippen LogP contribution in [0.15, 0.2) is 82.5 Å². The fraction of sp³-hybridized carbons (Fsp3) is 0.125. The summed E-state index contributed by atoms with van der Waals surface area (Å²) in [5, 5.41) is 55.3. The summed E-state index contributed by atoms with van der Waals surface area (Å²) >= 11 is 0. The van der Waals surface area contributed by atoms with Crippen LogP contribution in [0.25, 0.3) is 11.0 Å². The third kappa shape index (κ3) is 14.2. The maximum Gasteiger partial charge on any atom is 0.216 e. The van der Waals surface area contributed by atoms with Crippen LogP contribution >= 0.6 is 0 Å². The average molecular weight is 691 g/mol. The Labute approximate surface area is 257 Å². The number of oxime groups is 1. The van der Waals surface area contributed by atoms with Gasteiger partial charge in [0.25, 0.3) is 0 Å². The van der Waals surface area contributed by atoms with Crippen molar-refractivity contribution in [3.63, 3.8) is 0 Å². The van der Waals surface area contributed by atoms with Crippen molar-refractivity contribution in [3.8, 4) is 11.5 Å². The molecular weight excluding hydrogens is 660 g/mol. The summed E-state index contributed by atoms with van der Waals surface area (Å²) in [6, 6.07) is 18.6. The first kappa shape index (κ1) is 38.5. The number of Topliss-reactive ketones (excluding diaryl/α,β-unsaturated/α-hetero) is 1. The van der Waals surface area contributed by atoms with Crippen molar-refractivity contribution < 1.29 is 55.2 Å². The summed E-state index contributed by atoms with van der Waals surface area (Å²) in [5.74, 6) is 0.621. The van der Waals surface area contributed by atoms with Crippen molar-refractivity contribution in [2.75, 3.05) is 11.5 Å². The molecule has 18 nitrogen and oxygen atoms in total. The van der Waals surface area contributed by atoms with Crippen LogP contribution in [0.2, 0.25) is 0 Å². The van der Waals surface area contributed by atoms with Crippen LogP contribution in [0.1, 0.15) is 21.6 Å². The molecule has 0 unspecified atom stereocenters. The maximum absolute atomic E-state index is 11.3. The first-order chi connectivity index (χ1) is 20.9. The Bertz CT molecular complexity index is 1940. The molecule has 4 rings (SSSR count). The molecule has 3 aromatic carbocycles. The van der Waals surface area contributed by atoms with E-state index < -0.39 is 47.4 Å². The van der Waals surface area contributed by atoms with Crippen LogP contribution in [0.3, 0.4) is 0 Å². The van der Waals surface area contributed by atoms with Gasteiger partial charge in [-0.1, -0.05) is 46.7 Å². The highest BCUT2D eigenvalue weighted by atomic mass is 32.2. The fourth-order valence-corrected chi connectivity index (χ4v) is 4.98. The fourth-order valence-electron chi connectivity index (χ4n) is 3.27. The zero-order valence-corrected chi connectivity index (χ0v) is 25.5. The lowest BCUT2D eigenvalue weighted by Crippen LogP contribution is -2.23. The number of phenols is 2. The summed E-state index contributed by atoms with van der Waals surface area (Å²) in [6.45, 7) is 0. The minimum absolute atomic E-state index is 0.0403. The zero-order chi connectivity index (χ0) is 34.4. The Balaban J connectivity index is 0.000000328. The number of carbonyl (C=O) groups excluding carboxylic acids is 1. The van der Waals surface area contributed by atoms with Crippen LogP contribution in [-0.4, -0.2) is 74.0 Å². The van der Waals surface area contributed by atoms with Crippen LogP contribution in [0.5, 0.6) is 11.5 Å². The molecule has 1 aromatic heterocycles. The molecule has 0 fully saturated rings. The molecule has 0 aliphatic rings. The molecule has 246 valence electrons. The highest BCUT2D eigenvalue weighted by Crippen LogP contribution is 2.19. The van der Waals surface area contributed by atoms with Gasteiger partial charge >= 0.3 is 0 Å². The number of phenolic OH excluding ortho intramolecular Hbond substituents is 2. The normalized spacial score (nSPS) is 11.6. The number of primary sulfonamides is 3. The Morgan fingerprint density at radius 2 is 1.18 bits per heavy atom. The molecule has 0 bridgehead atoms. The predicted molar refractivity (Wildman–Crippen MR) is 162 cm³/mol. The molecule has 0 atom stereocenters. The summed E-state index contributed by atoms with van der Waals surface area (Å²) in [5.41, 5.74) is 0.806. The number of rotatable bonds is 8. The van der Waals surface area contributed by atoms with E-state index in [0.717, 1.165) is 0 Å². The van der Waals surface area contributed by atoms with Crippen molar-refractivity contribution in [1.82, 2.24) is 5.16 Å². The van der Waals surface area contributed by atoms with Gasteiger partial charge in [0.05, 0.1) is 5.56 Å². The van der Waals surface area contributed by atoms with Gasteiger partial charge < -0.3 is 25.2 Å². The molecule has 4 aromatic rings. The van der Waals surface area contributed by atoms with Crippen LogP contribution in [0, 0.1) is 0 Å². The molecular formula is C24H30N6O12S3. The first-order valence-electron chi connectivity index (χ1n) is 11.8. The topological polar surface area (TPSA) is 343 Å². The lowest BCUT2D eigenvalue weighted by molar-refractivity contribution is 0.101. The van der Waals surface area contributed by atoms with E-state index in [9.17, 15) is 40.3 Å². The van der Waals surface area contributed by atoms with Gasteiger partial charge in [0.15, 0.2) is 11.4 Å². The van der Waals surface area contributed by atoms with Crippen LogP contribution in [-0.2, 0) is 35.8 Å². The maximum atomic E-state index is 11.3. The number of benzene rings is 3. The molecule has 12 N–H and O–H groups in total. The van der Waals surface area contributed by atoms with Gasteiger partial charge in [-0.05, 0) is 36.4 Å². The van der Waals surface area contributed by atoms with Crippen molar-refractivity contribution in [2.45, 2.75) is 5.75 Å². The Kier molecular flexibility index (Phi) is 14.7. The van der Waals surface area contributed by atoms with E-state index in [1.54, 1.807) is 36.4 Å². The van der Waals surface area contributed by atoms with Crippen molar-refractivity contribution in [2.24, 2.45) is 26.5 Å². The quantitative estimate of drug-likeness (QED) is 0.0508. The summed E-state index contributed by atoms with van der Waals surface area (Å²) in [7, 11) is -11.2. The number of nitrogens with two attached hydrogens (primary N) is 4. The second kappa shape index (κ2) is 17.1. The highest BCUT2D eigenvalue weighted by molar-refractivity contribution is 7.90. The number of aromatic hydroxyl groups is 2. The molecule has 1 heterocycles. The molecule has 0 amide bonds. The summed E-state index contributed by atoms with van der Waals surface area (Å²) < 4.78 is 69.4. The van der Waals surface area contributed by atoms with Crippen LogP contribution in [0.4, 0.5) is 0 Å².